The maximum absolute atomic E-state index is 14.0. The first-order chi connectivity index (χ1) is 15.2. The summed E-state index contributed by atoms with van der Waals surface area (Å²) in [5, 5.41) is 15.0. The molecule has 0 bridgehead atoms. The van der Waals surface area contributed by atoms with E-state index in [-0.39, 0.29) is 35.4 Å². The van der Waals surface area contributed by atoms with Gasteiger partial charge in [0.2, 0.25) is 0 Å². The number of amides is 2. The lowest BCUT2D eigenvalue weighted by atomic mass is 9.84. The predicted octanol–water partition coefficient (Wildman–Crippen LogP) is 5.16. The van der Waals surface area contributed by atoms with Crippen LogP contribution in [0.5, 0.6) is 5.75 Å². The molecule has 180 valence electrons. The van der Waals surface area contributed by atoms with Crippen LogP contribution >= 0.6 is 0 Å². The maximum Gasteiger partial charge on any atom is 0.418 e. The minimum atomic E-state index is -4.95. The number of aliphatic hydroxyl groups excluding tert-OH is 1. The van der Waals surface area contributed by atoms with E-state index < -0.39 is 47.0 Å². The lowest BCUT2D eigenvalue weighted by Crippen LogP contribution is -2.38. The molecule has 0 saturated heterocycles. The van der Waals surface area contributed by atoms with Crippen molar-refractivity contribution in [2.24, 2.45) is 0 Å². The number of hydrogen-bond donors (Lipinski definition) is 3. The summed E-state index contributed by atoms with van der Waals surface area (Å²) in [6.07, 6.45) is -7.63. The maximum atomic E-state index is 14.0. The Morgan fingerprint density at radius 1 is 1.09 bits per heavy atom. The number of nitrogens with one attached hydrogen (secondary N) is 2. The van der Waals surface area contributed by atoms with Crippen LogP contribution in [0.3, 0.4) is 0 Å². The standard InChI is InChI=1S/C23H25F5N2O3/c1-22(2,3)11-7-15(20(31)23(26,27)28)19(33-4)18(8-11)30-21(32)29-12-9-13-14(10-12)17(25)6-5-16(13)24/h5-8,12,20,31H,9-10H2,1-4H3,(H2,29,30,32)/t20-/m1/s1. The summed E-state index contributed by atoms with van der Waals surface area (Å²) in [7, 11) is 1.13. The van der Waals surface area contributed by atoms with Crippen LogP contribution < -0.4 is 15.4 Å². The quantitative estimate of drug-likeness (QED) is 0.539. The second-order valence-corrected chi connectivity index (χ2v) is 9.03. The van der Waals surface area contributed by atoms with Crippen LogP contribution in [0.2, 0.25) is 0 Å². The summed E-state index contributed by atoms with van der Waals surface area (Å²) in [5.74, 6) is -1.47. The molecule has 1 atom stereocenters. The fourth-order valence-corrected chi connectivity index (χ4v) is 3.87. The molecule has 33 heavy (non-hydrogen) atoms. The Hall–Kier alpha value is -2.88. The van der Waals surface area contributed by atoms with Gasteiger partial charge in [0.15, 0.2) is 6.10 Å². The highest BCUT2D eigenvalue weighted by molar-refractivity contribution is 5.92. The molecule has 5 nitrogen and oxygen atoms in total. The van der Waals surface area contributed by atoms with Crippen LogP contribution in [0.4, 0.5) is 32.4 Å². The van der Waals surface area contributed by atoms with Gasteiger partial charge < -0.3 is 20.5 Å². The van der Waals surface area contributed by atoms with Crippen molar-refractivity contribution in [3.8, 4) is 5.75 Å². The molecule has 0 aliphatic heterocycles. The van der Waals surface area contributed by atoms with Gasteiger partial charge >= 0.3 is 12.2 Å². The van der Waals surface area contributed by atoms with Crippen LogP contribution in [0, 0.1) is 11.6 Å². The van der Waals surface area contributed by atoms with E-state index in [0.29, 0.717) is 5.56 Å². The lowest BCUT2D eigenvalue weighted by molar-refractivity contribution is -0.207. The van der Waals surface area contributed by atoms with Crippen LogP contribution in [-0.2, 0) is 18.3 Å². The zero-order valence-corrected chi connectivity index (χ0v) is 18.5. The third kappa shape index (κ3) is 5.21. The zero-order chi connectivity index (χ0) is 24.7. The van der Waals surface area contributed by atoms with Crippen LogP contribution in [0.1, 0.15) is 49.1 Å². The molecule has 2 aromatic rings. The molecule has 0 unspecified atom stereocenters. The van der Waals surface area contributed by atoms with E-state index in [0.717, 1.165) is 19.2 Å². The third-order valence-corrected chi connectivity index (χ3v) is 5.59. The molecule has 2 aromatic carbocycles. The molecule has 10 heteroatoms. The monoisotopic (exact) mass is 472 g/mol. The molecule has 0 fully saturated rings. The lowest BCUT2D eigenvalue weighted by Gasteiger charge is -2.26. The van der Waals surface area contributed by atoms with Crippen molar-refractivity contribution in [2.45, 2.75) is 57.3 Å². The van der Waals surface area contributed by atoms with E-state index >= 15 is 0 Å². The molecule has 0 aromatic heterocycles. The molecule has 1 aliphatic rings. The summed E-state index contributed by atoms with van der Waals surface area (Å²) in [5.41, 5.74) is -0.430. The zero-order valence-electron chi connectivity index (χ0n) is 18.5. The Labute approximate surface area is 187 Å². The van der Waals surface area contributed by atoms with Crippen LogP contribution in [-0.4, -0.2) is 30.5 Å². The highest BCUT2D eigenvalue weighted by atomic mass is 19.4. The van der Waals surface area contributed by atoms with Crippen molar-refractivity contribution < 1.29 is 36.6 Å². The number of hydrogen-bond acceptors (Lipinski definition) is 3. The highest BCUT2D eigenvalue weighted by Crippen LogP contribution is 2.43. The average molecular weight is 472 g/mol. The number of ether oxygens (including phenoxy) is 1. The molecule has 0 saturated carbocycles. The number of fused-ring (bicyclic) bond motifs is 1. The number of aliphatic hydroxyl groups is 1. The molecule has 0 spiro atoms. The van der Waals surface area contributed by atoms with E-state index in [1.54, 1.807) is 20.8 Å². The number of carbonyl (C=O) groups excluding carboxylic acids is 1. The Morgan fingerprint density at radius 2 is 1.64 bits per heavy atom. The number of anilines is 1. The van der Waals surface area contributed by atoms with Gasteiger partial charge in [0, 0.05) is 11.6 Å². The molecular weight excluding hydrogens is 447 g/mol. The van der Waals surface area contributed by atoms with Crippen molar-refractivity contribution in [3.05, 3.63) is 58.2 Å². The number of alkyl halides is 3. The fraction of sp³-hybridized carbons (Fsp3) is 0.435. The van der Waals surface area contributed by atoms with Gasteiger partial charge in [0.25, 0.3) is 0 Å². The predicted molar refractivity (Wildman–Crippen MR) is 112 cm³/mol. The summed E-state index contributed by atoms with van der Waals surface area (Å²) in [6, 6.07) is 3.31. The van der Waals surface area contributed by atoms with Gasteiger partial charge in [-0.05, 0) is 59.2 Å². The molecule has 2 amide bonds. The van der Waals surface area contributed by atoms with Gasteiger partial charge in [-0.2, -0.15) is 13.2 Å². The minimum Gasteiger partial charge on any atom is -0.494 e. The van der Waals surface area contributed by atoms with Gasteiger partial charge in [-0.25, -0.2) is 13.6 Å². The van der Waals surface area contributed by atoms with Gasteiger partial charge in [-0.1, -0.05) is 20.8 Å². The molecule has 3 N–H and O–H groups in total. The first-order valence-electron chi connectivity index (χ1n) is 10.2. The highest BCUT2D eigenvalue weighted by Gasteiger charge is 2.42. The largest absolute Gasteiger partial charge is 0.494 e. The molecular formula is C23H25F5N2O3. The van der Waals surface area contributed by atoms with E-state index in [1.165, 1.54) is 12.1 Å². The number of rotatable bonds is 4. The van der Waals surface area contributed by atoms with Gasteiger partial charge in [-0.15, -0.1) is 0 Å². The first-order valence-corrected chi connectivity index (χ1v) is 10.2. The van der Waals surface area contributed by atoms with Crippen LogP contribution in [0.25, 0.3) is 0 Å². The summed E-state index contributed by atoms with van der Waals surface area (Å²) >= 11 is 0. The fourth-order valence-electron chi connectivity index (χ4n) is 3.87. The van der Waals surface area contributed by atoms with Crippen molar-refractivity contribution in [2.75, 3.05) is 12.4 Å². The molecule has 0 heterocycles. The Morgan fingerprint density at radius 3 is 2.09 bits per heavy atom. The van der Waals surface area contributed by atoms with Crippen molar-refractivity contribution in [1.29, 1.82) is 0 Å². The van der Waals surface area contributed by atoms with Gasteiger partial charge in [0.05, 0.1) is 12.8 Å². The van der Waals surface area contributed by atoms with Crippen molar-refractivity contribution in [1.82, 2.24) is 5.32 Å². The number of halogens is 5. The van der Waals surface area contributed by atoms with Crippen molar-refractivity contribution >= 4 is 11.7 Å². The molecule has 3 rings (SSSR count). The minimum absolute atomic E-state index is 0.0730. The van der Waals surface area contributed by atoms with E-state index in [2.05, 4.69) is 10.6 Å². The average Bonchev–Trinajstić information content (AvgIpc) is 3.13. The second kappa shape index (κ2) is 8.81. The van der Waals surface area contributed by atoms with E-state index in [4.69, 9.17) is 4.74 Å². The number of methoxy groups -OCH3 is 1. The summed E-state index contributed by atoms with van der Waals surface area (Å²) < 4.78 is 72.9. The van der Waals surface area contributed by atoms with Gasteiger partial charge in [0.1, 0.15) is 17.4 Å². The van der Waals surface area contributed by atoms with E-state index in [9.17, 15) is 31.9 Å². The van der Waals surface area contributed by atoms with Crippen LogP contribution in [0.15, 0.2) is 24.3 Å². The smallest absolute Gasteiger partial charge is 0.418 e. The second-order valence-electron chi connectivity index (χ2n) is 9.03. The normalized spacial score (nSPS) is 15.2. The molecule has 0 radical (unpaired) electrons. The third-order valence-electron chi connectivity index (χ3n) is 5.59. The van der Waals surface area contributed by atoms with Crippen molar-refractivity contribution in [3.63, 3.8) is 0 Å². The number of benzene rings is 2. The Balaban J connectivity index is 1.89. The number of carbonyl (C=O) groups is 1. The molecule has 1 aliphatic carbocycles. The summed E-state index contributed by atoms with van der Waals surface area (Å²) in [6.45, 7) is 5.30. The SMILES string of the molecule is COc1c(NC(=O)NC2Cc3c(F)ccc(F)c3C2)cc(C(C)(C)C)cc1[C@@H](O)C(F)(F)F. The topological polar surface area (TPSA) is 70.6 Å². The van der Waals surface area contributed by atoms with Gasteiger partial charge in [-0.3, -0.25) is 0 Å². The number of urea groups is 1. The summed E-state index contributed by atoms with van der Waals surface area (Å²) in [4.78, 5) is 12.6. The first kappa shape index (κ1) is 24.8. The Kier molecular flexibility index (Phi) is 6.61. The van der Waals surface area contributed by atoms with E-state index in [1.807, 2.05) is 0 Å². The Bertz CT molecular complexity index is 1030.